The number of nitrogens with one attached hydrogen (secondary N) is 1. The summed E-state index contributed by atoms with van der Waals surface area (Å²) in [5.41, 5.74) is 1.21. The number of amides is 3. The molecule has 0 bridgehead atoms. The number of carbonyl (C=O) groups excluding carboxylic acids is 2. The number of urea groups is 1. The first-order valence-electron chi connectivity index (χ1n) is 9.90. The Kier molecular flexibility index (Phi) is 6.17. The van der Waals surface area contributed by atoms with E-state index in [0.29, 0.717) is 18.3 Å². The topological polar surface area (TPSA) is 52.7 Å². The van der Waals surface area contributed by atoms with Gasteiger partial charge in [-0.25, -0.2) is 4.79 Å². The molecule has 0 aliphatic carbocycles. The van der Waals surface area contributed by atoms with Gasteiger partial charge in [0.2, 0.25) is 5.91 Å². The number of rotatable bonds is 5. The zero-order valence-electron chi connectivity index (χ0n) is 16.0. The van der Waals surface area contributed by atoms with Crippen LogP contribution in [0.4, 0.5) is 4.79 Å². The molecule has 142 valence electrons. The van der Waals surface area contributed by atoms with Crippen molar-refractivity contribution < 1.29 is 9.59 Å². The molecule has 1 aromatic carbocycles. The highest BCUT2D eigenvalue weighted by Crippen LogP contribution is 2.23. The number of benzene rings is 1. The SMILES string of the molecule is CC(C)C1CN(C(=O)NC2CCN(C(=O)CCc3ccccc3)CC2)C1. The minimum atomic E-state index is 0.0655. The van der Waals surface area contributed by atoms with Gasteiger partial charge < -0.3 is 15.1 Å². The van der Waals surface area contributed by atoms with E-state index < -0.39 is 0 Å². The minimum absolute atomic E-state index is 0.0655. The maximum absolute atomic E-state index is 12.4. The van der Waals surface area contributed by atoms with Gasteiger partial charge >= 0.3 is 6.03 Å². The van der Waals surface area contributed by atoms with Gasteiger partial charge in [-0.15, -0.1) is 0 Å². The molecule has 1 N–H and O–H groups in total. The molecule has 0 aromatic heterocycles. The second-order valence-electron chi connectivity index (χ2n) is 8.00. The van der Waals surface area contributed by atoms with Gasteiger partial charge in [-0.05, 0) is 36.7 Å². The van der Waals surface area contributed by atoms with E-state index in [2.05, 4.69) is 31.3 Å². The van der Waals surface area contributed by atoms with Crippen LogP contribution < -0.4 is 5.32 Å². The van der Waals surface area contributed by atoms with Crippen molar-refractivity contribution in [2.45, 2.75) is 45.6 Å². The number of nitrogens with zero attached hydrogens (tertiary/aromatic N) is 2. The van der Waals surface area contributed by atoms with E-state index in [4.69, 9.17) is 0 Å². The van der Waals surface area contributed by atoms with E-state index in [1.54, 1.807) is 0 Å². The summed E-state index contributed by atoms with van der Waals surface area (Å²) in [5.74, 6) is 1.51. The van der Waals surface area contributed by atoms with Crippen molar-refractivity contribution >= 4 is 11.9 Å². The second-order valence-corrected chi connectivity index (χ2v) is 8.00. The Morgan fingerprint density at radius 3 is 2.35 bits per heavy atom. The third kappa shape index (κ3) is 4.77. The Hall–Kier alpha value is -2.04. The van der Waals surface area contributed by atoms with Crippen LogP contribution in [0.2, 0.25) is 0 Å². The molecule has 3 rings (SSSR count). The molecule has 1 aromatic rings. The van der Waals surface area contributed by atoms with E-state index in [1.807, 2.05) is 28.0 Å². The Morgan fingerprint density at radius 1 is 1.08 bits per heavy atom. The van der Waals surface area contributed by atoms with Crippen LogP contribution >= 0.6 is 0 Å². The van der Waals surface area contributed by atoms with Crippen LogP contribution in [0.5, 0.6) is 0 Å². The summed E-state index contributed by atoms with van der Waals surface area (Å²) in [4.78, 5) is 28.5. The van der Waals surface area contributed by atoms with Crippen molar-refractivity contribution in [3.8, 4) is 0 Å². The fourth-order valence-electron chi connectivity index (χ4n) is 3.69. The van der Waals surface area contributed by atoms with Gasteiger partial charge in [-0.3, -0.25) is 4.79 Å². The Labute approximate surface area is 156 Å². The molecular weight excluding hydrogens is 326 g/mol. The van der Waals surface area contributed by atoms with Crippen molar-refractivity contribution in [1.29, 1.82) is 0 Å². The summed E-state index contributed by atoms with van der Waals surface area (Å²) < 4.78 is 0. The smallest absolute Gasteiger partial charge is 0.317 e. The Balaban J connectivity index is 1.35. The molecule has 2 fully saturated rings. The van der Waals surface area contributed by atoms with E-state index in [-0.39, 0.29) is 18.0 Å². The lowest BCUT2D eigenvalue weighted by molar-refractivity contribution is -0.132. The lowest BCUT2D eigenvalue weighted by atomic mass is 9.89. The number of hydrogen-bond acceptors (Lipinski definition) is 2. The minimum Gasteiger partial charge on any atom is -0.343 e. The van der Waals surface area contributed by atoms with Crippen LogP contribution in [-0.4, -0.2) is 54.0 Å². The quantitative estimate of drug-likeness (QED) is 0.881. The first-order chi connectivity index (χ1) is 12.5. The van der Waals surface area contributed by atoms with Crippen molar-refractivity contribution in [3.05, 3.63) is 35.9 Å². The maximum Gasteiger partial charge on any atom is 0.317 e. The monoisotopic (exact) mass is 357 g/mol. The van der Waals surface area contributed by atoms with Gasteiger partial charge in [0.1, 0.15) is 0 Å². The van der Waals surface area contributed by atoms with Gasteiger partial charge in [-0.1, -0.05) is 44.2 Å². The Morgan fingerprint density at radius 2 is 1.73 bits per heavy atom. The van der Waals surface area contributed by atoms with Crippen molar-refractivity contribution in [2.24, 2.45) is 11.8 Å². The van der Waals surface area contributed by atoms with Crippen LogP contribution in [0, 0.1) is 11.8 Å². The number of carbonyl (C=O) groups is 2. The van der Waals surface area contributed by atoms with E-state index >= 15 is 0 Å². The van der Waals surface area contributed by atoms with Crippen LogP contribution in [0.25, 0.3) is 0 Å². The third-order valence-electron chi connectivity index (χ3n) is 5.79. The molecule has 3 amide bonds. The number of piperidine rings is 1. The van der Waals surface area contributed by atoms with Crippen molar-refractivity contribution in [3.63, 3.8) is 0 Å². The predicted molar refractivity (Wildman–Crippen MR) is 103 cm³/mol. The van der Waals surface area contributed by atoms with Gasteiger partial charge in [0.15, 0.2) is 0 Å². The van der Waals surface area contributed by atoms with Crippen molar-refractivity contribution in [1.82, 2.24) is 15.1 Å². The fraction of sp³-hybridized carbons (Fsp3) is 0.619. The summed E-state index contributed by atoms with van der Waals surface area (Å²) in [7, 11) is 0. The maximum atomic E-state index is 12.4. The molecule has 5 nitrogen and oxygen atoms in total. The van der Waals surface area contributed by atoms with E-state index in [9.17, 15) is 9.59 Å². The summed E-state index contributed by atoms with van der Waals surface area (Å²) in [6.07, 6.45) is 3.06. The fourth-order valence-corrected chi connectivity index (χ4v) is 3.69. The molecule has 0 atom stereocenters. The zero-order chi connectivity index (χ0) is 18.5. The molecule has 5 heteroatoms. The number of hydrogen-bond donors (Lipinski definition) is 1. The highest BCUT2D eigenvalue weighted by atomic mass is 16.2. The molecule has 2 saturated heterocycles. The molecular formula is C21H31N3O2. The average molecular weight is 357 g/mol. The molecule has 0 spiro atoms. The summed E-state index contributed by atoms with van der Waals surface area (Å²) >= 11 is 0. The summed E-state index contributed by atoms with van der Waals surface area (Å²) in [5, 5.41) is 3.15. The first-order valence-corrected chi connectivity index (χ1v) is 9.90. The van der Waals surface area contributed by atoms with Crippen molar-refractivity contribution in [2.75, 3.05) is 26.2 Å². The van der Waals surface area contributed by atoms with E-state index in [1.165, 1.54) is 5.56 Å². The van der Waals surface area contributed by atoms with Gasteiger partial charge in [0.05, 0.1) is 0 Å². The molecule has 26 heavy (non-hydrogen) atoms. The molecule has 0 radical (unpaired) electrons. The third-order valence-corrected chi connectivity index (χ3v) is 5.79. The molecule has 2 aliphatic heterocycles. The number of aryl methyl sites for hydroxylation is 1. The summed E-state index contributed by atoms with van der Waals surface area (Å²) in [6, 6.07) is 10.4. The van der Waals surface area contributed by atoms with Crippen LogP contribution in [-0.2, 0) is 11.2 Å². The Bertz CT molecular complexity index is 603. The second kappa shape index (κ2) is 8.56. The van der Waals surface area contributed by atoms with Gasteiger partial charge in [0, 0.05) is 38.6 Å². The van der Waals surface area contributed by atoms with Crippen LogP contribution in [0.15, 0.2) is 30.3 Å². The van der Waals surface area contributed by atoms with E-state index in [0.717, 1.165) is 45.4 Å². The van der Waals surface area contributed by atoms with Crippen LogP contribution in [0.1, 0.15) is 38.7 Å². The van der Waals surface area contributed by atoms with Gasteiger partial charge in [0.25, 0.3) is 0 Å². The molecule has 0 saturated carbocycles. The van der Waals surface area contributed by atoms with Gasteiger partial charge in [-0.2, -0.15) is 0 Å². The summed E-state index contributed by atoms with van der Waals surface area (Å²) in [6.45, 7) is 7.66. The highest BCUT2D eigenvalue weighted by molar-refractivity contribution is 5.77. The lowest BCUT2D eigenvalue weighted by Crippen LogP contribution is -2.58. The lowest BCUT2D eigenvalue weighted by Gasteiger charge is -2.42. The zero-order valence-corrected chi connectivity index (χ0v) is 16.0. The number of likely N-dealkylation sites (tertiary alicyclic amines) is 2. The molecule has 2 heterocycles. The first kappa shape index (κ1) is 18.7. The highest BCUT2D eigenvalue weighted by Gasteiger charge is 2.33. The largest absolute Gasteiger partial charge is 0.343 e. The average Bonchev–Trinajstić information content (AvgIpc) is 2.59. The molecule has 2 aliphatic rings. The normalized spacial score (nSPS) is 18.7. The predicted octanol–water partition coefficient (Wildman–Crippen LogP) is 2.91. The molecule has 0 unspecified atom stereocenters. The van der Waals surface area contributed by atoms with Crippen LogP contribution in [0.3, 0.4) is 0 Å². The standard InChI is InChI=1S/C21H31N3O2/c1-16(2)18-14-24(15-18)21(26)22-19-10-12-23(13-11-19)20(25)9-8-17-6-4-3-5-7-17/h3-7,16,18-19H,8-15H2,1-2H3,(H,22,26).